The van der Waals surface area contributed by atoms with E-state index in [9.17, 15) is 0 Å². The van der Waals surface area contributed by atoms with Crippen LogP contribution >= 0.6 is 0 Å². The van der Waals surface area contributed by atoms with Crippen LogP contribution < -0.4 is 0 Å². The highest BCUT2D eigenvalue weighted by Gasteiger charge is 2.52. The molecule has 112 valence electrons. The third-order valence-electron chi connectivity index (χ3n) is 7.24. The minimum absolute atomic E-state index is 0.389. The molecular weight excluding hydrogens is 240 g/mol. The summed E-state index contributed by atoms with van der Waals surface area (Å²) in [7, 11) is 0. The van der Waals surface area contributed by atoms with Gasteiger partial charge in [0.25, 0.3) is 0 Å². The highest BCUT2D eigenvalue weighted by molar-refractivity contribution is 5.26. The van der Waals surface area contributed by atoms with Crippen LogP contribution in [-0.4, -0.2) is 0 Å². The normalized spacial score (nSPS) is 46.9. The van der Waals surface area contributed by atoms with Gasteiger partial charge < -0.3 is 0 Å². The summed E-state index contributed by atoms with van der Waals surface area (Å²) in [6.07, 6.45) is 14.5. The summed E-state index contributed by atoms with van der Waals surface area (Å²) in [4.78, 5) is 0. The lowest BCUT2D eigenvalue weighted by molar-refractivity contribution is -0.0131. The fourth-order valence-electron chi connectivity index (χ4n) is 5.55. The lowest BCUT2D eigenvalue weighted by Gasteiger charge is -2.58. The fraction of sp³-hybridized carbons (Fsp3) is 0.800. The Morgan fingerprint density at radius 3 is 2.60 bits per heavy atom. The van der Waals surface area contributed by atoms with E-state index in [2.05, 4.69) is 46.4 Å². The molecule has 0 saturated heterocycles. The average molecular weight is 272 g/mol. The maximum Gasteiger partial charge on any atom is -0.0141 e. The third kappa shape index (κ3) is 2.02. The maximum absolute atomic E-state index is 4.11. The lowest BCUT2D eigenvalue weighted by Crippen LogP contribution is -2.48. The summed E-state index contributed by atoms with van der Waals surface area (Å²) >= 11 is 0. The molecule has 0 bridgehead atoms. The van der Waals surface area contributed by atoms with Gasteiger partial charge in [-0.25, -0.2) is 0 Å². The molecule has 0 nitrogen and oxygen atoms in total. The number of rotatable bonds is 1. The van der Waals surface area contributed by atoms with Gasteiger partial charge in [-0.1, -0.05) is 51.8 Å². The van der Waals surface area contributed by atoms with Gasteiger partial charge in [-0.05, 0) is 66.6 Å². The van der Waals surface area contributed by atoms with Crippen LogP contribution in [0, 0.1) is 28.1 Å². The number of hydrogen-bond donors (Lipinski definition) is 0. The van der Waals surface area contributed by atoms with Gasteiger partial charge in [0.1, 0.15) is 0 Å². The minimum atomic E-state index is 0.389. The van der Waals surface area contributed by atoms with Crippen molar-refractivity contribution < 1.29 is 0 Å². The first kappa shape index (κ1) is 14.4. The second-order valence-electron chi connectivity index (χ2n) is 8.99. The molecule has 0 unspecified atom stereocenters. The molecule has 0 heteroatoms. The van der Waals surface area contributed by atoms with Gasteiger partial charge in [-0.3, -0.25) is 0 Å². The van der Waals surface area contributed by atoms with E-state index in [1.807, 2.05) is 5.57 Å². The standard InChI is InChI=1S/C20H32/c1-6-19(4)12-13-20(5)15(14-19)9-10-16-17(20)8-7-11-18(16,2)3/h6,10,15,17H,1,7-9,11-14H2,2-5H3/t15-,17-,19-,20+/m0/s1. The molecule has 0 heterocycles. The minimum Gasteiger partial charge on any atom is -0.103 e. The molecule has 0 N–H and O–H groups in total. The molecule has 0 aromatic carbocycles. The molecule has 4 atom stereocenters. The highest BCUT2D eigenvalue weighted by atomic mass is 14.6. The first-order valence-corrected chi connectivity index (χ1v) is 8.65. The fourth-order valence-corrected chi connectivity index (χ4v) is 5.55. The Morgan fingerprint density at radius 1 is 1.15 bits per heavy atom. The van der Waals surface area contributed by atoms with Crippen molar-refractivity contribution in [2.75, 3.05) is 0 Å². The van der Waals surface area contributed by atoms with Crippen molar-refractivity contribution in [3.63, 3.8) is 0 Å². The maximum atomic E-state index is 4.11. The topological polar surface area (TPSA) is 0 Å². The van der Waals surface area contributed by atoms with Crippen molar-refractivity contribution in [2.24, 2.45) is 28.1 Å². The van der Waals surface area contributed by atoms with Crippen molar-refractivity contribution in [1.29, 1.82) is 0 Å². The van der Waals surface area contributed by atoms with Gasteiger partial charge >= 0.3 is 0 Å². The van der Waals surface area contributed by atoms with E-state index >= 15 is 0 Å². The van der Waals surface area contributed by atoms with Crippen molar-refractivity contribution in [1.82, 2.24) is 0 Å². The van der Waals surface area contributed by atoms with E-state index in [-0.39, 0.29) is 0 Å². The molecule has 20 heavy (non-hydrogen) atoms. The van der Waals surface area contributed by atoms with Crippen LogP contribution in [0.3, 0.4) is 0 Å². The lowest BCUT2D eigenvalue weighted by atomic mass is 9.47. The van der Waals surface area contributed by atoms with Gasteiger partial charge in [-0.2, -0.15) is 0 Å². The Kier molecular flexibility index (Phi) is 3.23. The van der Waals surface area contributed by atoms with Crippen LogP contribution in [-0.2, 0) is 0 Å². The predicted octanol–water partition coefficient (Wildman–Crippen LogP) is 6.14. The molecule has 0 spiro atoms. The molecule has 3 aliphatic carbocycles. The van der Waals surface area contributed by atoms with Crippen LogP contribution in [0.5, 0.6) is 0 Å². The summed E-state index contributed by atoms with van der Waals surface area (Å²) in [5.41, 5.74) is 3.21. The summed E-state index contributed by atoms with van der Waals surface area (Å²) in [6, 6.07) is 0. The van der Waals surface area contributed by atoms with Crippen LogP contribution in [0.2, 0.25) is 0 Å². The van der Waals surface area contributed by atoms with E-state index in [1.54, 1.807) is 0 Å². The molecule has 0 radical (unpaired) electrons. The summed E-state index contributed by atoms with van der Waals surface area (Å²) < 4.78 is 0. The van der Waals surface area contributed by atoms with E-state index in [0.717, 1.165) is 11.8 Å². The SMILES string of the molecule is C=C[C@@]1(C)CC[C@]2(C)[C@@H](CC=C3[C@@H]2CCCC3(C)C)C1. The summed E-state index contributed by atoms with van der Waals surface area (Å²) in [5, 5.41) is 0. The number of hydrogen-bond acceptors (Lipinski definition) is 0. The van der Waals surface area contributed by atoms with Gasteiger partial charge in [0, 0.05) is 0 Å². The zero-order valence-corrected chi connectivity index (χ0v) is 14.0. The molecular formula is C20H32. The van der Waals surface area contributed by atoms with E-state index in [1.165, 1.54) is 44.9 Å². The highest BCUT2D eigenvalue weighted by Crippen LogP contribution is 2.63. The number of fused-ring (bicyclic) bond motifs is 3. The third-order valence-corrected chi connectivity index (χ3v) is 7.24. The van der Waals surface area contributed by atoms with Gasteiger partial charge in [-0.15, -0.1) is 6.58 Å². The Balaban J connectivity index is 1.94. The smallest absolute Gasteiger partial charge is 0.0141 e. The Bertz CT molecular complexity index is 441. The molecule has 3 rings (SSSR count). The van der Waals surface area contributed by atoms with Crippen LogP contribution in [0.4, 0.5) is 0 Å². The van der Waals surface area contributed by atoms with Gasteiger partial charge in [0.2, 0.25) is 0 Å². The largest absolute Gasteiger partial charge is 0.103 e. The Hall–Kier alpha value is -0.520. The molecule has 3 aliphatic rings. The van der Waals surface area contributed by atoms with Crippen molar-refractivity contribution in [2.45, 2.75) is 72.6 Å². The number of allylic oxidation sites excluding steroid dienone is 3. The first-order valence-electron chi connectivity index (χ1n) is 8.65. The predicted molar refractivity (Wildman–Crippen MR) is 87.6 cm³/mol. The Morgan fingerprint density at radius 2 is 1.90 bits per heavy atom. The monoisotopic (exact) mass is 272 g/mol. The average Bonchev–Trinajstić information content (AvgIpc) is 2.40. The molecule has 0 aromatic heterocycles. The van der Waals surface area contributed by atoms with Crippen LogP contribution in [0.1, 0.15) is 72.6 Å². The second-order valence-corrected chi connectivity index (χ2v) is 8.99. The zero-order valence-electron chi connectivity index (χ0n) is 14.0. The van der Waals surface area contributed by atoms with E-state index in [0.29, 0.717) is 16.2 Å². The van der Waals surface area contributed by atoms with Crippen molar-refractivity contribution >= 4 is 0 Å². The van der Waals surface area contributed by atoms with Crippen LogP contribution in [0.25, 0.3) is 0 Å². The second kappa shape index (κ2) is 4.49. The molecule has 0 aromatic rings. The molecule has 2 fully saturated rings. The van der Waals surface area contributed by atoms with Crippen molar-refractivity contribution in [3.8, 4) is 0 Å². The Labute approximate surface area is 125 Å². The zero-order chi connectivity index (χ0) is 14.6. The van der Waals surface area contributed by atoms with Crippen LogP contribution in [0.15, 0.2) is 24.3 Å². The van der Waals surface area contributed by atoms with Gasteiger partial charge in [0.15, 0.2) is 0 Å². The van der Waals surface area contributed by atoms with E-state index in [4.69, 9.17) is 0 Å². The summed E-state index contributed by atoms with van der Waals surface area (Å²) in [5.74, 6) is 1.74. The quantitative estimate of drug-likeness (QED) is 0.503. The molecule has 0 amide bonds. The van der Waals surface area contributed by atoms with E-state index < -0.39 is 0 Å². The molecule has 0 aliphatic heterocycles. The summed E-state index contributed by atoms with van der Waals surface area (Å²) in [6.45, 7) is 14.1. The van der Waals surface area contributed by atoms with Gasteiger partial charge in [0.05, 0.1) is 0 Å². The molecule has 2 saturated carbocycles. The first-order chi connectivity index (χ1) is 9.31. The van der Waals surface area contributed by atoms with Crippen molar-refractivity contribution in [3.05, 3.63) is 24.3 Å².